The molecule has 568 valence electrons. The zero-order valence-corrected chi connectivity index (χ0v) is 60.1. The SMILES string of the molecule is CC(=O)CC(=O)c1ccc(CC(N)C(=O)O)cc1.CC(=O)CN=Cc1ccc(CC(N)C(=O)O)cc1.CC(=O)CNC(=O)c1ccc(CC(N)C(=O)O)cc1.CC(=O)COc1ccc(CC(N)C(=O)O)cc1.CC(=O)CSc1ccc(CC(N)C(=O)O)cc1.CC(=O)N=Cc1ccc(CC(N)C(=O)O)cc1. The summed E-state index contributed by atoms with van der Waals surface area (Å²) in [4.78, 5) is 160. The Morgan fingerprint density at radius 1 is 0.396 bits per heavy atom. The number of carboxylic acids is 6. The van der Waals surface area contributed by atoms with Gasteiger partial charge < -0.3 is 75.1 Å². The third-order valence-corrected chi connectivity index (χ3v) is 14.8. The minimum absolute atomic E-state index is 0.00945. The van der Waals surface area contributed by atoms with Crippen LogP contribution in [0.3, 0.4) is 0 Å². The highest BCUT2D eigenvalue weighted by molar-refractivity contribution is 8.00. The third kappa shape index (κ3) is 42.8. The van der Waals surface area contributed by atoms with Gasteiger partial charge in [-0.25, -0.2) is 4.99 Å². The summed E-state index contributed by atoms with van der Waals surface area (Å²) < 4.78 is 5.18. The van der Waals surface area contributed by atoms with E-state index in [0.29, 0.717) is 35.5 Å². The number of carbonyl (C=O) groups excluding carboxylic acids is 8. The molecule has 6 aromatic carbocycles. The summed E-state index contributed by atoms with van der Waals surface area (Å²) in [5.74, 6) is -6.23. The molecule has 19 N–H and O–H groups in total. The molecule has 6 atom stereocenters. The number of nitrogens with one attached hydrogen (secondary N) is 1. The van der Waals surface area contributed by atoms with Gasteiger partial charge in [0.1, 0.15) is 66.0 Å². The molecule has 106 heavy (non-hydrogen) atoms. The predicted octanol–water partition coefficient (Wildman–Crippen LogP) is 3.95. The molecule has 0 bridgehead atoms. The molecule has 0 fully saturated rings. The Morgan fingerprint density at radius 2 is 0.717 bits per heavy atom. The van der Waals surface area contributed by atoms with Crippen LogP contribution in [0.5, 0.6) is 5.75 Å². The quantitative estimate of drug-likeness (QED) is 0.0118. The van der Waals surface area contributed by atoms with E-state index in [4.69, 9.17) is 69.8 Å². The largest absolute Gasteiger partial charge is 0.486 e. The van der Waals surface area contributed by atoms with Crippen LogP contribution in [0.4, 0.5) is 0 Å². The van der Waals surface area contributed by atoms with Crippen LogP contribution >= 0.6 is 11.8 Å². The zero-order chi connectivity index (χ0) is 80.2. The Hall–Kier alpha value is -11.5. The predicted molar refractivity (Wildman–Crippen MR) is 396 cm³/mol. The maximum absolute atomic E-state index is 11.6. The van der Waals surface area contributed by atoms with E-state index in [2.05, 4.69) is 15.3 Å². The number of nitrogens with two attached hydrogens (primary N) is 6. The molecule has 6 aromatic rings. The van der Waals surface area contributed by atoms with Crippen LogP contribution in [-0.2, 0) is 96.1 Å². The first kappa shape index (κ1) is 92.6. The zero-order valence-electron chi connectivity index (χ0n) is 59.3. The molecular formula is C75H91N9O21S. The Labute approximate surface area is 616 Å². The molecule has 0 saturated carbocycles. The van der Waals surface area contributed by atoms with E-state index in [-0.39, 0.29) is 98.3 Å². The molecule has 0 aromatic heterocycles. The highest BCUT2D eigenvalue weighted by Gasteiger charge is 2.18. The Bertz CT molecular complexity index is 3890. The van der Waals surface area contributed by atoms with Crippen molar-refractivity contribution in [2.45, 2.75) is 128 Å². The van der Waals surface area contributed by atoms with Crippen molar-refractivity contribution < 1.29 is 102 Å². The summed E-state index contributed by atoms with van der Waals surface area (Å²) >= 11 is 1.47. The van der Waals surface area contributed by atoms with Crippen molar-refractivity contribution in [3.05, 3.63) is 201 Å². The fourth-order valence-corrected chi connectivity index (χ4v) is 8.74. The summed E-state index contributed by atoms with van der Waals surface area (Å²) in [6.07, 6.45) is 4.51. The number of thioether (sulfide) groups is 1. The van der Waals surface area contributed by atoms with Gasteiger partial charge in [-0.2, -0.15) is 0 Å². The van der Waals surface area contributed by atoms with Crippen LogP contribution in [0.1, 0.15) is 113 Å². The van der Waals surface area contributed by atoms with Crippen molar-refractivity contribution in [3.63, 3.8) is 0 Å². The van der Waals surface area contributed by atoms with Gasteiger partial charge in [0.15, 0.2) is 17.3 Å². The molecule has 0 aliphatic carbocycles. The fourth-order valence-electron chi connectivity index (χ4n) is 8.04. The van der Waals surface area contributed by atoms with Crippen molar-refractivity contribution in [1.82, 2.24) is 5.32 Å². The van der Waals surface area contributed by atoms with Gasteiger partial charge in [0, 0.05) is 35.4 Å². The first-order chi connectivity index (χ1) is 49.7. The highest BCUT2D eigenvalue weighted by Crippen LogP contribution is 2.19. The second kappa shape index (κ2) is 50.0. The molecule has 0 saturated heterocycles. The third-order valence-electron chi connectivity index (χ3n) is 13.7. The lowest BCUT2D eigenvalue weighted by Gasteiger charge is -2.08. The van der Waals surface area contributed by atoms with Crippen LogP contribution in [0, 0.1) is 0 Å². The van der Waals surface area contributed by atoms with Crippen molar-refractivity contribution in [2.75, 3.05) is 25.4 Å². The number of benzene rings is 6. The molecule has 6 unspecified atom stereocenters. The summed E-state index contributed by atoms with van der Waals surface area (Å²) in [5.41, 5.74) is 39.9. The molecule has 6 rings (SSSR count). The average molecular weight is 1490 g/mol. The number of ether oxygens (including phenoxy) is 1. The van der Waals surface area contributed by atoms with Gasteiger partial charge in [-0.15, -0.1) is 11.8 Å². The number of amides is 2. The van der Waals surface area contributed by atoms with E-state index >= 15 is 0 Å². The van der Waals surface area contributed by atoms with Crippen molar-refractivity contribution in [1.29, 1.82) is 0 Å². The number of nitrogens with zero attached hydrogens (tertiary/aromatic N) is 2. The van der Waals surface area contributed by atoms with Crippen molar-refractivity contribution >= 4 is 107 Å². The van der Waals surface area contributed by atoms with Gasteiger partial charge in [-0.05, 0) is 154 Å². The Morgan fingerprint density at radius 3 is 1.02 bits per heavy atom. The van der Waals surface area contributed by atoms with E-state index in [1.54, 1.807) is 122 Å². The van der Waals surface area contributed by atoms with Crippen LogP contribution in [0.2, 0.25) is 0 Å². The minimum atomic E-state index is -1.07. The number of rotatable bonds is 34. The molecule has 0 aliphatic rings. The molecule has 30 nitrogen and oxygen atoms in total. The normalized spacial score (nSPS) is 12.1. The smallest absolute Gasteiger partial charge is 0.320 e. The van der Waals surface area contributed by atoms with Gasteiger partial charge in [-0.3, -0.25) is 72.1 Å². The van der Waals surface area contributed by atoms with Gasteiger partial charge in [0.05, 0.1) is 25.3 Å². The van der Waals surface area contributed by atoms with Gasteiger partial charge in [0.2, 0.25) is 5.91 Å². The molecule has 31 heteroatoms. The van der Waals surface area contributed by atoms with Crippen LogP contribution < -0.4 is 44.5 Å². The first-order valence-corrected chi connectivity index (χ1v) is 33.3. The fraction of sp³-hybridized carbons (Fsp3) is 0.307. The number of hydrogen-bond donors (Lipinski definition) is 13. The molecule has 0 aliphatic heterocycles. The summed E-state index contributed by atoms with van der Waals surface area (Å²) in [6, 6.07) is 36.0. The number of aliphatic carboxylic acids is 6. The Kier molecular flexibility index (Phi) is 43.7. The van der Waals surface area contributed by atoms with E-state index in [0.717, 1.165) is 49.4 Å². The van der Waals surface area contributed by atoms with Gasteiger partial charge >= 0.3 is 35.8 Å². The van der Waals surface area contributed by atoms with E-state index in [9.17, 15) is 67.1 Å². The number of carbonyl (C=O) groups is 14. The molecular weight excluding hydrogens is 1390 g/mol. The average Bonchev–Trinajstić information content (AvgIpc) is 0.906. The lowest BCUT2D eigenvalue weighted by Crippen LogP contribution is -2.32. The van der Waals surface area contributed by atoms with Crippen LogP contribution in [0.25, 0.3) is 0 Å². The van der Waals surface area contributed by atoms with Gasteiger partial charge in [-0.1, -0.05) is 109 Å². The van der Waals surface area contributed by atoms with E-state index in [1.165, 1.54) is 52.6 Å². The van der Waals surface area contributed by atoms with Gasteiger partial charge in [0.25, 0.3) is 5.91 Å². The highest BCUT2D eigenvalue weighted by atomic mass is 32.2. The second-order valence-corrected chi connectivity index (χ2v) is 24.7. The second-order valence-electron chi connectivity index (χ2n) is 23.7. The maximum Gasteiger partial charge on any atom is 0.320 e. The summed E-state index contributed by atoms with van der Waals surface area (Å²) in [7, 11) is 0. The number of Topliss-reactive ketones (excluding diaryl/α,β-unsaturated/α-hetero) is 6. The molecule has 2 amide bonds. The number of hydrogen-bond acceptors (Lipinski definition) is 23. The minimum Gasteiger partial charge on any atom is -0.486 e. The first-order valence-electron chi connectivity index (χ1n) is 32.3. The monoisotopic (exact) mass is 1490 g/mol. The van der Waals surface area contributed by atoms with Crippen LogP contribution in [0.15, 0.2) is 160 Å². The summed E-state index contributed by atoms with van der Waals surface area (Å²) in [6.45, 7) is 8.79. The maximum atomic E-state index is 11.6. The number of ketones is 6. The van der Waals surface area contributed by atoms with E-state index < -0.39 is 72.1 Å². The lowest BCUT2D eigenvalue weighted by atomic mass is 10.0. The Balaban J connectivity index is 0.000000636. The lowest BCUT2D eigenvalue weighted by molar-refractivity contribution is -0.139. The van der Waals surface area contributed by atoms with E-state index in [1.807, 2.05) is 36.4 Å². The van der Waals surface area contributed by atoms with Crippen LogP contribution in [-0.4, -0.2) is 187 Å². The molecule has 0 radical (unpaired) electrons. The topological polar surface area (TPSA) is 562 Å². The summed E-state index contributed by atoms with van der Waals surface area (Å²) in [5, 5.41) is 54.5. The standard InChI is InChI=1S/C13H16N2O4.C13H16N2O3.C13H15NO4.C12H14N2O3.C12H15NO4.C12H15NO3S/c1-8(16)7-15-12(17)10-4-2-9(3-5-10)6-11(14)13(18)19;1-9(16)7-15-8-11-4-2-10(3-5-11)6-12(14)13(17)18;1-8(15)6-12(16)10-4-2-9(3-5-10)7-11(14)13(17)18;1-8(15)14-7-10-4-2-9(3-5-10)6-11(13)12(16)17;2*1-8(14)7-17-10-4-2-9(3-5-10)6-11(13)12(15)16/h2-5,11H,6-7,14H2,1H3,(H,15,17)(H,18,19);2-5,8,12H,6-7,14H2,1H3,(H,17,18);2-5,11H,6-7,14H2,1H3,(H,17,18);2-5,7,11H,6,13H2,1H3,(H,16,17);2*2-5,11H,6-7,13H2,1H3,(H,15,16). The molecule has 0 heterocycles. The number of carboxylic acid groups (broad SMARTS) is 6. The molecule has 0 spiro atoms. The van der Waals surface area contributed by atoms with Crippen molar-refractivity contribution in [3.8, 4) is 5.75 Å². The number of aliphatic imine (C=N–C) groups is 2. The van der Waals surface area contributed by atoms with Crippen molar-refractivity contribution in [2.24, 2.45) is 44.4 Å².